The topological polar surface area (TPSA) is 17.1 Å². The van der Waals surface area contributed by atoms with E-state index in [-0.39, 0.29) is 0 Å². The minimum atomic E-state index is -0.609. The number of hydrogen-bond donors (Lipinski definition) is 0. The van der Waals surface area contributed by atoms with Crippen LogP contribution in [0.3, 0.4) is 0 Å². The van der Waals surface area contributed by atoms with Crippen LogP contribution in [0.15, 0.2) is 0 Å². The van der Waals surface area contributed by atoms with Crippen LogP contribution in [0.4, 0.5) is 0 Å². The molecule has 0 radical (unpaired) electrons. The zero-order valence-corrected chi connectivity index (χ0v) is 10.1. The van der Waals surface area contributed by atoms with Crippen LogP contribution in [0.5, 0.6) is 0 Å². The second kappa shape index (κ2) is 4.59. The molecule has 1 saturated carbocycles. The molecule has 0 N–H and O–H groups in total. The fourth-order valence-electron chi connectivity index (χ4n) is 2.15. The zero-order valence-electron chi connectivity index (χ0n) is 9.25. The summed E-state index contributed by atoms with van der Waals surface area (Å²) in [6.45, 7) is 8.69. The van der Waals surface area contributed by atoms with Gasteiger partial charge in [-0.05, 0) is 24.7 Å². The lowest BCUT2D eigenvalue weighted by atomic mass is 9.84. The van der Waals surface area contributed by atoms with Gasteiger partial charge in [-0.3, -0.25) is 4.21 Å². The number of rotatable bonds is 2. The Morgan fingerprint density at radius 3 is 2.38 bits per heavy atom. The minimum absolute atomic E-state index is 0.331. The molecule has 0 aromatic rings. The van der Waals surface area contributed by atoms with E-state index in [0.717, 1.165) is 5.92 Å². The molecular formula is C11H22OS. The van der Waals surface area contributed by atoms with Gasteiger partial charge in [-0.1, -0.05) is 34.1 Å². The predicted octanol–water partition coefficient (Wildman–Crippen LogP) is 2.97. The maximum atomic E-state index is 12.0. The molecule has 0 aromatic carbocycles. The molecular weight excluding hydrogens is 180 g/mol. The second-order valence-corrected chi connectivity index (χ2v) is 7.02. The Hall–Kier alpha value is 0.150. The van der Waals surface area contributed by atoms with Gasteiger partial charge in [0.15, 0.2) is 0 Å². The van der Waals surface area contributed by atoms with Crippen LogP contribution in [-0.2, 0) is 10.8 Å². The Balaban J connectivity index is 2.60. The van der Waals surface area contributed by atoms with Crippen molar-refractivity contribution in [2.24, 2.45) is 11.8 Å². The van der Waals surface area contributed by atoms with E-state index in [9.17, 15) is 4.21 Å². The van der Waals surface area contributed by atoms with Crippen molar-refractivity contribution in [2.45, 2.75) is 57.5 Å². The van der Waals surface area contributed by atoms with Crippen LogP contribution >= 0.6 is 0 Å². The molecule has 13 heavy (non-hydrogen) atoms. The van der Waals surface area contributed by atoms with E-state index in [2.05, 4.69) is 27.7 Å². The lowest BCUT2D eigenvalue weighted by Gasteiger charge is -2.33. The monoisotopic (exact) mass is 202 g/mol. The molecule has 1 nitrogen and oxygen atoms in total. The summed E-state index contributed by atoms with van der Waals surface area (Å²) in [4.78, 5) is 0. The van der Waals surface area contributed by atoms with Gasteiger partial charge in [0.2, 0.25) is 0 Å². The van der Waals surface area contributed by atoms with Gasteiger partial charge >= 0.3 is 0 Å². The van der Waals surface area contributed by atoms with Gasteiger partial charge in [0.25, 0.3) is 0 Å². The third-order valence-corrected chi connectivity index (χ3v) is 5.33. The van der Waals surface area contributed by atoms with Crippen LogP contribution in [0, 0.1) is 11.8 Å². The summed E-state index contributed by atoms with van der Waals surface area (Å²) in [6.07, 6.45) is 3.77. The van der Waals surface area contributed by atoms with Gasteiger partial charge in [0, 0.05) is 21.3 Å². The lowest BCUT2D eigenvalue weighted by Crippen LogP contribution is -2.33. The number of hydrogen-bond acceptors (Lipinski definition) is 1. The van der Waals surface area contributed by atoms with Crippen LogP contribution in [0.1, 0.15) is 47.0 Å². The fourth-order valence-corrected chi connectivity index (χ4v) is 3.96. The summed E-state index contributed by atoms with van der Waals surface area (Å²) in [5.74, 6) is 1.45. The van der Waals surface area contributed by atoms with Crippen molar-refractivity contribution in [1.29, 1.82) is 0 Å². The molecule has 1 fully saturated rings. The second-order valence-electron chi connectivity index (χ2n) is 4.81. The quantitative estimate of drug-likeness (QED) is 0.673. The normalized spacial score (nSPS) is 37.8. The van der Waals surface area contributed by atoms with Crippen molar-refractivity contribution in [3.05, 3.63) is 0 Å². The SMILES string of the molecule is CC1CCC(C)C(S(=O)C(C)C)C1. The van der Waals surface area contributed by atoms with Crippen LogP contribution in [0.25, 0.3) is 0 Å². The maximum Gasteiger partial charge on any atom is 0.0378 e. The predicted molar refractivity (Wildman–Crippen MR) is 59.2 cm³/mol. The maximum absolute atomic E-state index is 12.0. The molecule has 0 bridgehead atoms. The average molecular weight is 202 g/mol. The third-order valence-electron chi connectivity index (χ3n) is 3.15. The molecule has 2 heteroatoms. The summed E-state index contributed by atoms with van der Waals surface area (Å²) < 4.78 is 12.0. The first-order chi connectivity index (χ1) is 6.02. The van der Waals surface area contributed by atoms with E-state index < -0.39 is 10.8 Å². The highest BCUT2D eigenvalue weighted by molar-refractivity contribution is 7.86. The van der Waals surface area contributed by atoms with Crippen molar-refractivity contribution in [3.8, 4) is 0 Å². The van der Waals surface area contributed by atoms with E-state index in [0.29, 0.717) is 16.4 Å². The van der Waals surface area contributed by atoms with Gasteiger partial charge < -0.3 is 0 Å². The standard InChI is InChI=1S/C11H22OS/c1-8(2)13(12)11-7-9(3)5-6-10(11)4/h8-11H,5-7H2,1-4H3. The van der Waals surface area contributed by atoms with Crippen LogP contribution in [0.2, 0.25) is 0 Å². The van der Waals surface area contributed by atoms with E-state index in [1.54, 1.807) is 0 Å². The fraction of sp³-hybridized carbons (Fsp3) is 1.00. The molecule has 0 aliphatic heterocycles. The van der Waals surface area contributed by atoms with E-state index in [1.807, 2.05) is 0 Å². The molecule has 0 saturated heterocycles. The van der Waals surface area contributed by atoms with E-state index in [4.69, 9.17) is 0 Å². The molecule has 1 rings (SSSR count). The smallest absolute Gasteiger partial charge is 0.0378 e. The zero-order chi connectivity index (χ0) is 10.0. The Bertz CT molecular complexity index is 189. The van der Waals surface area contributed by atoms with Crippen LogP contribution in [-0.4, -0.2) is 14.7 Å². The van der Waals surface area contributed by atoms with Gasteiger partial charge in [-0.25, -0.2) is 0 Å². The Kier molecular flexibility index (Phi) is 3.96. The highest BCUT2D eigenvalue weighted by Gasteiger charge is 2.30. The van der Waals surface area contributed by atoms with Crippen molar-refractivity contribution >= 4 is 10.8 Å². The molecule has 4 unspecified atom stereocenters. The first-order valence-corrected chi connectivity index (χ1v) is 6.69. The lowest BCUT2D eigenvalue weighted by molar-refractivity contribution is 0.313. The highest BCUT2D eigenvalue weighted by Crippen LogP contribution is 2.32. The molecule has 1 aliphatic carbocycles. The average Bonchev–Trinajstić information content (AvgIpc) is 2.08. The Morgan fingerprint density at radius 2 is 1.85 bits per heavy atom. The molecule has 0 amide bonds. The molecule has 0 aromatic heterocycles. The molecule has 0 heterocycles. The molecule has 0 spiro atoms. The first kappa shape index (κ1) is 11.2. The van der Waals surface area contributed by atoms with Gasteiger partial charge in [0.05, 0.1) is 0 Å². The van der Waals surface area contributed by atoms with Gasteiger partial charge in [0.1, 0.15) is 0 Å². The van der Waals surface area contributed by atoms with Crippen molar-refractivity contribution in [3.63, 3.8) is 0 Å². The molecule has 1 aliphatic rings. The molecule has 4 atom stereocenters. The summed E-state index contributed by atoms with van der Waals surface area (Å²) in [7, 11) is -0.609. The third kappa shape index (κ3) is 2.80. The van der Waals surface area contributed by atoms with Crippen molar-refractivity contribution < 1.29 is 4.21 Å². The van der Waals surface area contributed by atoms with Crippen LogP contribution < -0.4 is 0 Å². The highest BCUT2D eigenvalue weighted by atomic mass is 32.2. The van der Waals surface area contributed by atoms with Crippen molar-refractivity contribution in [2.75, 3.05) is 0 Å². The summed E-state index contributed by atoms with van der Waals surface area (Å²) in [5.41, 5.74) is 0. The summed E-state index contributed by atoms with van der Waals surface area (Å²) in [6, 6.07) is 0. The Labute approximate surface area is 84.8 Å². The first-order valence-electron chi connectivity index (χ1n) is 5.41. The molecule has 78 valence electrons. The van der Waals surface area contributed by atoms with E-state index in [1.165, 1.54) is 19.3 Å². The van der Waals surface area contributed by atoms with Gasteiger partial charge in [-0.2, -0.15) is 0 Å². The largest absolute Gasteiger partial charge is 0.259 e. The minimum Gasteiger partial charge on any atom is -0.259 e. The van der Waals surface area contributed by atoms with E-state index >= 15 is 0 Å². The summed E-state index contributed by atoms with van der Waals surface area (Å²) >= 11 is 0. The summed E-state index contributed by atoms with van der Waals surface area (Å²) in [5, 5.41) is 0.793. The van der Waals surface area contributed by atoms with Crippen molar-refractivity contribution in [1.82, 2.24) is 0 Å². The van der Waals surface area contributed by atoms with Gasteiger partial charge in [-0.15, -0.1) is 0 Å². The Morgan fingerprint density at radius 1 is 1.23 bits per heavy atom.